The van der Waals surface area contributed by atoms with Crippen LogP contribution in [0.2, 0.25) is 0 Å². The van der Waals surface area contributed by atoms with Gasteiger partial charge in [0.1, 0.15) is 0 Å². The third-order valence-corrected chi connectivity index (χ3v) is 3.39. The Bertz CT molecular complexity index is 508. The van der Waals surface area contributed by atoms with E-state index in [2.05, 4.69) is 15.6 Å². The number of aromatic nitrogens is 2. The third kappa shape index (κ3) is 2.06. The molecule has 3 rings (SSSR count). The molecule has 0 spiro atoms. The van der Waals surface area contributed by atoms with E-state index < -0.39 is 0 Å². The second-order valence-electron chi connectivity index (χ2n) is 4.58. The predicted molar refractivity (Wildman–Crippen MR) is 66.7 cm³/mol. The summed E-state index contributed by atoms with van der Waals surface area (Å²) >= 11 is 0. The van der Waals surface area contributed by atoms with E-state index >= 15 is 0 Å². The highest BCUT2D eigenvalue weighted by molar-refractivity contribution is 5.74. The minimum Gasteiger partial charge on any atom is -0.372 e. The molecule has 1 saturated heterocycles. The van der Waals surface area contributed by atoms with Crippen LogP contribution >= 0.6 is 0 Å². The molecule has 2 aromatic rings. The van der Waals surface area contributed by atoms with Crippen molar-refractivity contribution in [1.29, 1.82) is 0 Å². The van der Waals surface area contributed by atoms with Crippen LogP contribution in [-0.4, -0.2) is 28.3 Å². The number of ether oxygens (including phenoxy) is 1. The van der Waals surface area contributed by atoms with E-state index in [1.807, 2.05) is 24.5 Å². The zero-order valence-corrected chi connectivity index (χ0v) is 9.75. The maximum atomic E-state index is 5.86. The molecule has 0 saturated carbocycles. The molecular weight excluding hydrogens is 214 g/mol. The number of nitrogens with zero attached hydrogens (tertiary/aromatic N) is 2. The number of fused-ring (bicyclic) bond motifs is 1. The Morgan fingerprint density at radius 1 is 1.29 bits per heavy atom. The maximum absolute atomic E-state index is 5.86. The fourth-order valence-corrected chi connectivity index (χ4v) is 2.46. The monoisotopic (exact) mass is 231 g/mol. The van der Waals surface area contributed by atoms with Crippen molar-refractivity contribution in [3.63, 3.8) is 0 Å². The molecule has 90 valence electrons. The first-order valence-corrected chi connectivity index (χ1v) is 6.12. The Kier molecular flexibility index (Phi) is 2.82. The first-order valence-electron chi connectivity index (χ1n) is 6.12. The topological polar surface area (TPSA) is 53.1 Å². The summed E-state index contributed by atoms with van der Waals surface area (Å²) in [6, 6.07) is 8.18. The summed E-state index contributed by atoms with van der Waals surface area (Å²) < 4.78 is 8.02. The molecule has 0 aliphatic carbocycles. The van der Waals surface area contributed by atoms with Gasteiger partial charge in [-0.3, -0.25) is 0 Å². The molecule has 1 fully saturated rings. The number of para-hydroxylation sites is 2. The molecule has 1 aromatic carbocycles. The molecule has 2 N–H and O–H groups in total. The van der Waals surface area contributed by atoms with Crippen LogP contribution in [0.25, 0.3) is 11.0 Å². The Balaban J connectivity index is 1.77. The minimum atomic E-state index is 0.245. The molecule has 1 aliphatic heterocycles. The number of hydrogen-bond acceptors (Lipinski definition) is 3. The summed E-state index contributed by atoms with van der Waals surface area (Å²) in [6.07, 6.45) is 4.59. The average molecular weight is 231 g/mol. The van der Waals surface area contributed by atoms with E-state index in [0.717, 1.165) is 24.9 Å². The molecule has 1 aliphatic rings. The van der Waals surface area contributed by atoms with Gasteiger partial charge in [-0.15, -0.1) is 0 Å². The minimum absolute atomic E-state index is 0.245. The summed E-state index contributed by atoms with van der Waals surface area (Å²) in [5.74, 6) is 0. The van der Waals surface area contributed by atoms with Gasteiger partial charge in [-0.25, -0.2) is 4.98 Å². The molecule has 2 unspecified atom stereocenters. The number of hydrogen-bond donors (Lipinski definition) is 1. The van der Waals surface area contributed by atoms with Gasteiger partial charge in [0.05, 0.1) is 36.1 Å². The lowest BCUT2D eigenvalue weighted by molar-refractivity contribution is 0.0412. The van der Waals surface area contributed by atoms with Crippen molar-refractivity contribution in [3.8, 4) is 0 Å². The molecule has 1 aromatic heterocycles. The van der Waals surface area contributed by atoms with E-state index in [4.69, 9.17) is 10.5 Å². The highest BCUT2D eigenvalue weighted by Gasteiger charge is 2.24. The summed E-state index contributed by atoms with van der Waals surface area (Å²) in [7, 11) is 0. The van der Waals surface area contributed by atoms with Crippen LogP contribution in [0.4, 0.5) is 0 Å². The quantitative estimate of drug-likeness (QED) is 0.871. The van der Waals surface area contributed by atoms with E-state index in [1.54, 1.807) is 0 Å². The van der Waals surface area contributed by atoms with Crippen molar-refractivity contribution in [2.45, 2.75) is 31.6 Å². The third-order valence-electron chi connectivity index (χ3n) is 3.39. The molecular formula is C13H17N3O. The highest BCUT2D eigenvalue weighted by Crippen LogP contribution is 2.22. The van der Waals surface area contributed by atoms with Gasteiger partial charge in [0, 0.05) is 6.54 Å². The molecule has 4 nitrogen and oxygen atoms in total. The number of benzene rings is 1. The summed E-state index contributed by atoms with van der Waals surface area (Å²) in [6.45, 7) is 1.50. The van der Waals surface area contributed by atoms with Crippen LogP contribution in [-0.2, 0) is 11.3 Å². The van der Waals surface area contributed by atoms with Crippen LogP contribution in [0.15, 0.2) is 30.6 Å². The van der Waals surface area contributed by atoms with Crippen molar-refractivity contribution in [2.24, 2.45) is 5.73 Å². The molecule has 0 bridgehead atoms. The lowest BCUT2D eigenvalue weighted by Gasteiger charge is -2.13. The van der Waals surface area contributed by atoms with Crippen LogP contribution in [0.1, 0.15) is 12.8 Å². The lowest BCUT2D eigenvalue weighted by Crippen LogP contribution is -2.22. The van der Waals surface area contributed by atoms with Crippen LogP contribution in [0.3, 0.4) is 0 Å². The van der Waals surface area contributed by atoms with E-state index in [9.17, 15) is 0 Å². The summed E-state index contributed by atoms with van der Waals surface area (Å²) in [4.78, 5) is 4.38. The van der Waals surface area contributed by atoms with Gasteiger partial charge >= 0.3 is 0 Å². The zero-order chi connectivity index (χ0) is 11.7. The van der Waals surface area contributed by atoms with Crippen molar-refractivity contribution in [2.75, 3.05) is 6.54 Å². The summed E-state index contributed by atoms with van der Waals surface area (Å²) in [5, 5.41) is 0. The van der Waals surface area contributed by atoms with E-state index in [1.165, 1.54) is 5.52 Å². The van der Waals surface area contributed by atoms with Gasteiger partial charge in [-0.05, 0) is 25.0 Å². The second-order valence-corrected chi connectivity index (χ2v) is 4.58. The van der Waals surface area contributed by atoms with Gasteiger partial charge in [-0.1, -0.05) is 12.1 Å². The molecule has 4 heteroatoms. The SMILES string of the molecule is NCC1CCC(Cn2cnc3ccccc32)O1. The van der Waals surface area contributed by atoms with Gasteiger partial charge in [0.2, 0.25) is 0 Å². The van der Waals surface area contributed by atoms with Crippen LogP contribution < -0.4 is 5.73 Å². The maximum Gasteiger partial charge on any atom is 0.0959 e. The first kappa shape index (κ1) is 10.7. The van der Waals surface area contributed by atoms with Gasteiger partial charge < -0.3 is 15.0 Å². The molecule has 2 heterocycles. The van der Waals surface area contributed by atoms with E-state index in [-0.39, 0.29) is 12.2 Å². The van der Waals surface area contributed by atoms with Crippen LogP contribution in [0, 0.1) is 0 Å². The van der Waals surface area contributed by atoms with Gasteiger partial charge in [0.15, 0.2) is 0 Å². The predicted octanol–water partition coefficient (Wildman–Crippen LogP) is 1.54. The molecule has 17 heavy (non-hydrogen) atoms. The van der Waals surface area contributed by atoms with E-state index in [0.29, 0.717) is 6.54 Å². The first-order chi connectivity index (χ1) is 8.36. The second kappa shape index (κ2) is 4.47. The number of nitrogens with two attached hydrogens (primary N) is 1. The van der Waals surface area contributed by atoms with Crippen molar-refractivity contribution < 1.29 is 4.74 Å². The number of rotatable bonds is 3. The Morgan fingerprint density at radius 2 is 2.12 bits per heavy atom. The highest BCUT2D eigenvalue weighted by atomic mass is 16.5. The zero-order valence-electron chi connectivity index (χ0n) is 9.75. The fraction of sp³-hybridized carbons (Fsp3) is 0.462. The Labute approximate surface area is 100 Å². The Hall–Kier alpha value is -1.39. The van der Waals surface area contributed by atoms with Crippen molar-refractivity contribution in [3.05, 3.63) is 30.6 Å². The van der Waals surface area contributed by atoms with Gasteiger partial charge in [0.25, 0.3) is 0 Å². The van der Waals surface area contributed by atoms with Crippen molar-refractivity contribution in [1.82, 2.24) is 9.55 Å². The van der Waals surface area contributed by atoms with Gasteiger partial charge in [-0.2, -0.15) is 0 Å². The summed E-state index contributed by atoms with van der Waals surface area (Å²) in [5.41, 5.74) is 7.83. The Morgan fingerprint density at radius 3 is 2.94 bits per heavy atom. The largest absolute Gasteiger partial charge is 0.372 e. The number of imidazole rings is 1. The smallest absolute Gasteiger partial charge is 0.0959 e. The molecule has 0 radical (unpaired) electrons. The van der Waals surface area contributed by atoms with Crippen molar-refractivity contribution >= 4 is 11.0 Å². The average Bonchev–Trinajstić information content (AvgIpc) is 2.97. The molecule has 2 atom stereocenters. The normalized spacial score (nSPS) is 24.5. The lowest BCUT2D eigenvalue weighted by atomic mass is 10.2. The standard InChI is InChI=1S/C13H17N3O/c14-7-10-5-6-11(17-10)8-16-9-15-12-3-1-2-4-13(12)16/h1-4,9-11H,5-8,14H2. The fourth-order valence-electron chi connectivity index (χ4n) is 2.46. The van der Waals surface area contributed by atoms with Crippen LogP contribution in [0.5, 0.6) is 0 Å². The molecule has 0 amide bonds.